The maximum Gasteiger partial charge on any atom is 0.0856 e. The summed E-state index contributed by atoms with van der Waals surface area (Å²) in [4.78, 5) is 0. The van der Waals surface area contributed by atoms with Gasteiger partial charge in [0.15, 0.2) is 0 Å². The number of rotatable bonds is 2. The van der Waals surface area contributed by atoms with E-state index in [0.29, 0.717) is 19.4 Å². The average molecular weight is 132 g/mol. The van der Waals surface area contributed by atoms with Gasteiger partial charge in [-0.2, -0.15) is 0 Å². The van der Waals surface area contributed by atoms with Crippen molar-refractivity contribution in [2.24, 2.45) is 0 Å². The molecule has 0 amide bonds. The van der Waals surface area contributed by atoms with Gasteiger partial charge in [0.1, 0.15) is 0 Å². The maximum absolute atomic E-state index is 9.08. The normalized spacial score (nSPS) is 35.3. The molecule has 3 heteroatoms. The van der Waals surface area contributed by atoms with Gasteiger partial charge in [0, 0.05) is 13.2 Å². The number of hydrogen-bond acceptors (Lipinski definition) is 3. The third-order valence-electron chi connectivity index (χ3n) is 1.59. The molecule has 0 unspecified atom stereocenters. The van der Waals surface area contributed by atoms with Crippen LogP contribution in [0.25, 0.3) is 0 Å². The number of aliphatic hydroxyl groups excluding tert-OH is 2. The van der Waals surface area contributed by atoms with Crippen LogP contribution in [0.5, 0.6) is 0 Å². The summed E-state index contributed by atoms with van der Waals surface area (Å²) in [5.74, 6) is 0. The predicted molar refractivity (Wildman–Crippen MR) is 32.1 cm³/mol. The van der Waals surface area contributed by atoms with Gasteiger partial charge in [-0.3, -0.25) is 0 Å². The molecular weight excluding hydrogens is 120 g/mol. The molecule has 0 saturated carbocycles. The van der Waals surface area contributed by atoms with Crippen molar-refractivity contribution in [2.45, 2.75) is 25.0 Å². The lowest BCUT2D eigenvalue weighted by molar-refractivity contribution is 0.0257. The molecule has 1 aliphatic heterocycles. The van der Waals surface area contributed by atoms with Gasteiger partial charge in [-0.05, 0) is 12.8 Å². The molecular formula is C6H12O3. The first-order chi connectivity index (χ1) is 4.34. The largest absolute Gasteiger partial charge is 0.396 e. The highest BCUT2D eigenvalue weighted by Crippen LogP contribution is 2.15. The Hall–Kier alpha value is -0.120. The van der Waals surface area contributed by atoms with Gasteiger partial charge < -0.3 is 14.9 Å². The zero-order valence-electron chi connectivity index (χ0n) is 5.29. The second-order valence-corrected chi connectivity index (χ2v) is 2.28. The minimum atomic E-state index is -0.350. The molecule has 1 saturated heterocycles. The predicted octanol–water partition coefficient (Wildman–Crippen LogP) is -0.481. The average Bonchev–Trinajstić information content (AvgIpc) is 2.18. The van der Waals surface area contributed by atoms with E-state index in [1.54, 1.807) is 0 Å². The highest BCUT2D eigenvalue weighted by molar-refractivity contribution is 4.74. The summed E-state index contributed by atoms with van der Waals surface area (Å²) in [7, 11) is 0. The van der Waals surface area contributed by atoms with Crippen LogP contribution in [-0.4, -0.2) is 35.6 Å². The number of aliphatic hydroxyl groups is 2. The minimum absolute atomic E-state index is 0.0989. The molecule has 0 spiro atoms. The second-order valence-electron chi connectivity index (χ2n) is 2.28. The van der Waals surface area contributed by atoms with Crippen LogP contribution in [0.3, 0.4) is 0 Å². The van der Waals surface area contributed by atoms with Gasteiger partial charge in [-0.15, -0.1) is 0 Å². The Morgan fingerprint density at radius 3 is 2.78 bits per heavy atom. The summed E-state index contributed by atoms with van der Waals surface area (Å²) >= 11 is 0. The monoisotopic (exact) mass is 132 g/mol. The highest BCUT2D eigenvalue weighted by atomic mass is 16.5. The minimum Gasteiger partial charge on any atom is -0.396 e. The fourth-order valence-corrected chi connectivity index (χ4v) is 1.04. The molecule has 0 aromatic carbocycles. The van der Waals surface area contributed by atoms with Crippen molar-refractivity contribution in [1.82, 2.24) is 0 Å². The highest BCUT2D eigenvalue weighted by Gasteiger charge is 2.24. The van der Waals surface area contributed by atoms with E-state index in [1.807, 2.05) is 0 Å². The molecule has 3 nitrogen and oxygen atoms in total. The molecule has 0 radical (unpaired) electrons. The molecule has 2 atom stereocenters. The fourth-order valence-electron chi connectivity index (χ4n) is 1.04. The van der Waals surface area contributed by atoms with E-state index >= 15 is 0 Å². The summed E-state index contributed by atoms with van der Waals surface area (Å²) in [6, 6.07) is 0. The molecule has 1 rings (SSSR count). The summed E-state index contributed by atoms with van der Waals surface area (Å²) in [6.45, 7) is 0.730. The standard InChI is InChI=1S/C6H12O3/c7-3-1-6-5(8)2-4-9-6/h5-8H,1-4H2/t5-,6-/m0/s1. The summed E-state index contributed by atoms with van der Waals surface area (Å²) in [5.41, 5.74) is 0. The van der Waals surface area contributed by atoms with Crippen molar-refractivity contribution in [3.05, 3.63) is 0 Å². The first kappa shape index (κ1) is 6.99. The van der Waals surface area contributed by atoms with E-state index in [-0.39, 0.29) is 18.8 Å². The molecule has 1 heterocycles. The Labute approximate surface area is 54.3 Å². The number of hydrogen-bond donors (Lipinski definition) is 2. The van der Waals surface area contributed by atoms with Crippen LogP contribution in [0.15, 0.2) is 0 Å². The molecule has 1 aliphatic rings. The van der Waals surface area contributed by atoms with Gasteiger partial charge in [0.2, 0.25) is 0 Å². The topological polar surface area (TPSA) is 49.7 Å². The fraction of sp³-hybridized carbons (Fsp3) is 1.00. The SMILES string of the molecule is OCC[C@@H]1OCC[C@@H]1O. The molecule has 2 N–H and O–H groups in total. The van der Waals surface area contributed by atoms with Crippen LogP contribution < -0.4 is 0 Å². The summed E-state index contributed by atoms with van der Waals surface area (Å²) in [5, 5.41) is 17.5. The van der Waals surface area contributed by atoms with Crippen LogP contribution in [0.2, 0.25) is 0 Å². The Balaban J connectivity index is 2.22. The van der Waals surface area contributed by atoms with Crippen LogP contribution in [0.1, 0.15) is 12.8 Å². The number of ether oxygens (including phenoxy) is 1. The molecule has 1 fully saturated rings. The van der Waals surface area contributed by atoms with Crippen molar-refractivity contribution >= 4 is 0 Å². The molecule has 0 bridgehead atoms. The quantitative estimate of drug-likeness (QED) is 0.533. The first-order valence-electron chi connectivity index (χ1n) is 3.25. The molecule has 54 valence electrons. The maximum atomic E-state index is 9.08. The Kier molecular flexibility index (Phi) is 2.45. The van der Waals surface area contributed by atoms with E-state index < -0.39 is 0 Å². The lowest BCUT2D eigenvalue weighted by Gasteiger charge is -2.10. The van der Waals surface area contributed by atoms with Gasteiger partial charge in [-0.1, -0.05) is 0 Å². The van der Waals surface area contributed by atoms with E-state index in [0.717, 1.165) is 0 Å². The summed E-state index contributed by atoms with van der Waals surface area (Å²) in [6.07, 6.45) is 0.804. The molecule has 0 aliphatic carbocycles. The van der Waals surface area contributed by atoms with Gasteiger partial charge >= 0.3 is 0 Å². The van der Waals surface area contributed by atoms with E-state index in [2.05, 4.69) is 0 Å². The third-order valence-corrected chi connectivity index (χ3v) is 1.59. The summed E-state index contributed by atoms with van der Waals surface area (Å²) < 4.78 is 5.10. The van der Waals surface area contributed by atoms with E-state index in [4.69, 9.17) is 14.9 Å². The van der Waals surface area contributed by atoms with E-state index in [1.165, 1.54) is 0 Å². The molecule has 0 aromatic rings. The first-order valence-corrected chi connectivity index (χ1v) is 3.25. The van der Waals surface area contributed by atoms with Crippen LogP contribution in [0, 0.1) is 0 Å². The Bertz CT molecular complexity index is 84.4. The lowest BCUT2D eigenvalue weighted by Crippen LogP contribution is -2.21. The molecule has 9 heavy (non-hydrogen) atoms. The van der Waals surface area contributed by atoms with Crippen LogP contribution >= 0.6 is 0 Å². The Morgan fingerprint density at radius 1 is 1.56 bits per heavy atom. The van der Waals surface area contributed by atoms with Crippen molar-refractivity contribution in [2.75, 3.05) is 13.2 Å². The van der Waals surface area contributed by atoms with Crippen molar-refractivity contribution < 1.29 is 14.9 Å². The molecule has 0 aromatic heterocycles. The Morgan fingerprint density at radius 2 is 2.33 bits per heavy atom. The van der Waals surface area contributed by atoms with Gasteiger partial charge in [0.25, 0.3) is 0 Å². The zero-order chi connectivity index (χ0) is 6.69. The lowest BCUT2D eigenvalue weighted by atomic mass is 10.1. The van der Waals surface area contributed by atoms with E-state index in [9.17, 15) is 0 Å². The zero-order valence-corrected chi connectivity index (χ0v) is 5.29. The second kappa shape index (κ2) is 3.15. The van der Waals surface area contributed by atoms with Gasteiger partial charge in [-0.25, -0.2) is 0 Å². The van der Waals surface area contributed by atoms with Crippen LogP contribution in [0.4, 0.5) is 0 Å². The van der Waals surface area contributed by atoms with Crippen molar-refractivity contribution in [1.29, 1.82) is 0 Å². The smallest absolute Gasteiger partial charge is 0.0856 e. The van der Waals surface area contributed by atoms with Gasteiger partial charge in [0.05, 0.1) is 12.2 Å². The van der Waals surface area contributed by atoms with Crippen molar-refractivity contribution in [3.63, 3.8) is 0 Å². The third kappa shape index (κ3) is 1.64. The van der Waals surface area contributed by atoms with Crippen molar-refractivity contribution in [3.8, 4) is 0 Å². The van der Waals surface area contributed by atoms with Crippen LogP contribution in [-0.2, 0) is 4.74 Å².